The molecule has 5 heteroatoms. The van der Waals surface area contributed by atoms with Crippen molar-refractivity contribution in [3.8, 4) is 0 Å². The molecule has 1 heterocycles. The molecular weight excluding hydrogens is 284 g/mol. The highest BCUT2D eigenvalue weighted by Crippen LogP contribution is 2.27. The van der Waals surface area contributed by atoms with Crippen LogP contribution in [0.5, 0.6) is 0 Å². The van der Waals surface area contributed by atoms with Gasteiger partial charge < -0.3 is 10.4 Å². The van der Waals surface area contributed by atoms with E-state index in [2.05, 4.69) is 10.3 Å². The lowest BCUT2D eigenvalue weighted by atomic mass is 10.1. The number of hydrogen-bond acceptors (Lipinski definition) is 4. The van der Waals surface area contributed by atoms with Crippen molar-refractivity contribution in [2.75, 3.05) is 6.54 Å². The zero-order valence-corrected chi connectivity index (χ0v) is 12.6. The fraction of sp³-hybridized carbons (Fsp3) is 0.375. The van der Waals surface area contributed by atoms with Gasteiger partial charge in [0.25, 0.3) is 0 Å². The van der Waals surface area contributed by atoms with Crippen LogP contribution in [0.2, 0.25) is 0 Å². The quantitative estimate of drug-likeness (QED) is 0.805. The van der Waals surface area contributed by atoms with Crippen molar-refractivity contribution in [2.45, 2.75) is 32.2 Å². The fourth-order valence-corrected chi connectivity index (χ4v) is 3.73. The SMILES string of the molecule is O=C(O)c1cccc(CCNCc2nc3c(s2)CCC3)c1. The summed E-state index contributed by atoms with van der Waals surface area (Å²) in [5, 5.41) is 13.5. The number of carbonyl (C=O) groups is 1. The summed E-state index contributed by atoms with van der Waals surface area (Å²) < 4.78 is 0. The molecule has 0 atom stereocenters. The molecule has 0 unspecified atom stereocenters. The third kappa shape index (κ3) is 3.49. The Hall–Kier alpha value is -1.72. The molecule has 0 radical (unpaired) electrons. The van der Waals surface area contributed by atoms with Crippen molar-refractivity contribution in [1.29, 1.82) is 0 Å². The average Bonchev–Trinajstić information content (AvgIpc) is 3.05. The third-order valence-electron chi connectivity index (χ3n) is 3.68. The van der Waals surface area contributed by atoms with E-state index in [1.807, 2.05) is 17.4 Å². The Bertz CT molecular complexity index is 630. The van der Waals surface area contributed by atoms with Gasteiger partial charge in [-0.15, -0.1) is 11.3 Å². The maximum atomic E-state index is 10.9. The largest absolute Gasteiger partial charge is 0.478 e. The van der Waals surface area contributed by atoms with Crippen LogP contribution >= 0.6 is 11.3 Å². The summed E-state index contributed by atoms with van der Waals surface area (Å²) in [7, 11) is 0. The highest BCUT2D eigenvalue weighted by Gasteiger charge is 2.16. The van der Waals surface area contributed by atoms with Crippen LogP contribution in [-0.4, -0.2) is 22.6 Å². The molecule has 21 heavy (non-hydrogen) atoms. The number of fused-ring (bicyclic) bond motifs is 1. The predicted molar refractivity (Wildman–Crippen MR) is 83.0 cm³/mol. The molecule has 3 rings (SSSR count). The van der Waals surface area contributed by atoms with Gasteiger partial charge in [0.2, 0.25) is 0 Å². The first-order valence-corrected chi connectivity index (χ1v) is 8.04. The van der Waals surface area contributed by atoms with Gasteiger partial charge in [-0.1, -0.05) is 12.1 Å². The first-order valence-electron chi connectivity index (χ1n) is 7.23. The molecule has 0 saturated heterocycles. The van der Waals surface area contributed by atoms with E-state index >= 15 is 0 Å². The molecule has 1 aromatic heterocycles. The summed E-state index contributed by atoms with van der Waals surface area (Å²) in [6, 6.07) is 7.12. The first kappa shape index (κ1) is 14.2. The summed E-state index contributed by atoms with van der Waals surface area (Å²) in [5.41, 5.74) is 2.69. The number of nitrogens with zero attached hydrogens (tertiary/aromatic N) is 1. The van der Waals surface area contributed by atoms with Crippen LogP contribution in [0.25, 0.3) is 0 Å². The van der Waals surface area contributed by atoms with E-state index in [4.69, 9.17) is 5.11 Å². The molecule has 0 bridgehead atoms. The lowest BCUT2D eigenvalue weighted by molar-refractivity contribution is 0.0696. The van der Waals surface area contributed by atoms with Gasteiger partial charge in [-0.2, -0.15) is 0 Å². The van der Waals surface area contributed by atoms with E-state index in [0.29, 0.717) is 5.56 Å². The van der Waals surface area contributed by atoms with E-state index in [1.165, 1.54) is 28.4 Å². The Morgan fingerprint density at radius 3 is 3.10 bits per heavy atom. The maximum absolute atomic E-state index is 10.9. The zero-order valence-electron chi connectivity index (χ0n) is 11.8. The van der Waals surface area contributed by atoms with Crippen molar-refractivity contribution in [2.24, 2.45) is 0 Å². The van der Waals surface area contributed by atoms with E-state index in [1.54, 1.807) is 18.2 Å². The van der Waals surface area contributed by atoms with Crippen molar-refractivity contribution in [3.05, 3.63) is 51.0 Å². The monoisotopic (exact) mass is 302 g/mol. The average molecular weight is 302 g/mol. The van der Waals surface area contributed by atoms with E-state index in [0.717, 1.165) is 31.5 Å². The number of thiazole rings is 1. The smallest absolute Gasteiger partial charge is 0.335 e. The van der Waals surface area contributed by atoms with Crippen molar-refractivity contribution >= 4 is 17.3 Å². The minimum atomic E-state index is -0.873. The lowest BCUT2D eigenvalue weighted by Crippen LogP contribution is -2.16. The van der Waals surface area contributed by atoms with Crippen molar-refractivity contribution in [1.82, 2.24) is 10.3 Å². The van der Waals surface area contributed by atoms with E-state index in [-0.39, 0.29) is 0 Å². The molecule has 110 valence electrons. The molecule has 1 aliphatic carbocycles. The predicted octanol–water partition coefficient (Wildman–Crippen LogP) is 2.66. The van der Waals surface area contributed by atoms with Crippen LogP contribution in [0.1, 0.15) is 37.9 Å². The number of carboxylic acids is 1. The summed E-state index contributed by atoms with van der Waals surface area (Å²) >= 11 is 1.82. The lowest BCUT2D eigenvalue weighted by Gasteiger charge is -2.04. The second-order valence-electron chi connectivity index (χ2n) is 5.26. The number of aromatic carboxylic acids is 1. The molecule has 0 saturated carbocycles. The third-order valence-corrected chi connectivity index (χ3v) is 4.84. The van der Waals surface area contributed by atoms with Gasteiger partial charge in [-0.25, -0.2) is 9.78 Å². The Balaban J connectivity index is 1.47. The second kappa shape index (κ2) is 6.37. The highest BCUT2D eigenvalue weighted by atomic mass is 32.1. The number of hydrogen-bond donors (Lipinski definition) is 2. The Morgan fingerprint density at radius 2 is 2.29 bits per heavy atom. The van der Waals surface area contributed by atoms with Gasteiger partial charge in [0, 0.05) is 11.4 Å². The maximum Gasteiger partial charge on any atom is 0.335 e. The number of nitrogens with one attached hydrogen (secondary N) is 1. The van der Waals surface area contributed by atoms with E-state index < -0.39 is 5.97 Å². The summed E-state index contributed by atoms with van der Waals surface area (Å²) in [6.07, 6.45) is 4.40. The molecule has 2 N–H and O–H groups in total. The normalized spacial score (nSPS) is 13.3. The summed E-state index contributed by atoms with van der Waals surface area (Å²) in [6.45, 7) is 1.63. The Kier molecular flexibility index (Phi) is 4.31. The molecular formula is C16H18N2O2S. The number of aromatic nitrogens is 1. The molecule has 0 amide bonds. The number of rotatable bonds is 6. The summed E-state index contributed by atoms with van der Waals surface area (Å²) in [5.74, 6) is -0.873. The number of aryl methyl sites for hydroxylation is 2. The standard InChI is InChI=1S/C16H18N2O2S/c19-16(20)12-4-1-3-11(9-12)7-8-17-10-15-18-13-5-2-6-14(13)21-15/h1,3-4,9,17H,2,5-8,10H2,(H,19,20). The topological polar surface area (TPSA) is 62.2 Å². The molecule has 0 fully saturated rings. The van der Waals surface area contributed by atoms with Gasteiger partial charge in [0.15, 0.2) is 0 Å². The minimum absolute atomic E-state index is 0.351. The van der Waals surface area contributed by atoms with Gasteiger partial charge in [0.1, 0.15) is 5.01 Å². The molecule has 1 aromatic carbocycles. The van der Waals surface area contributed by atoms with Crippen LogP contribution in [0, 0.1) is 0 Å². The number of benzene rings is 1. The second-order valence-corrected chi connectivity index (χ2v) is 6.43. The Labute approximate surface area is 127 Å². The highest BCUT2D eigenvalue weighted by molar-refractivity contribution is 7.11. The molecule has 0 aliphatic heterocycles. The fourth-order valence-electron chi connectivity index (χ4n) is 2.61. The van der Waals surface area contributed by atoms with Crippen molar-refractivity contribution < 1.29 is 9.90 Å². The van der Waals surface area contributed by atoms with Gasteiger partial charge >= 0.3 is 5.97 Å². The van der Waals surface area contributed by atoms with E-state index in [9.17, 15) is 4.79 Å². The summed E-state index contributed by atoms with van der Waals surface area (Å²) in [4.78, 5) is 17.0. The van der Waals surface area contributed by atoms with Gasteiger partial charge in [-0.3, -0.25) is 0 Å². The van der Waals surface area contributed by atoms with Gasteiger partial charge in [-0.05, 0) is 49.9 Å². The van der Waals surface area contributed by atoms with Crippen LogP contribution in [0.4, 0.5) is 0 Å². The van der Waals surface area contributed by atoms with Crippen LogP contribution in [0.15, 0.2) is 24.3 Å². The Morgan fingerprint density at radius 1 is 1.38 bits per heavy atom. The van der Waals surface area contributed by atoms with Crippen LogP contribution < -0.4 is 5.32 Å². The molecule has 0 spiro atoms. The van der Waals surface area contributed by atoms with Crippen LogP contribution in [-0.2, 0) is 25.8 Å². The molecule has 1 aliphatic rings. The minimum Gasteiger partial charge on any atom is -0.478 e. The number of carboxylic acid groups (broad SMARTS) is 1. The van der Waals surface area contributed by atoms with Crippen LogP contribution in [0.3, 0.4) is 0 Å². The molecule has 2 aromatic rings. The molecule has 4 nitrogen and oxygen atoms in total. The first-order chi connectivity index (χ1) is 10.2. The van der Waals surface area contributed by atoms with Crippen molar-refractivity contribution in [3.63, 3.8) is 0 Å². The van der Waals surface area contributed by atoms with Gasteiger partial charge in [0.05, 0.1) is 11.3 Å². The zero-order chi connectivity index (χ0) is 14.7.